The number of anilines is 2. The van der Waals surface area contributed by atoms with Gasteiger partial charge in [-0.15, -0.1) is 22.7 Å². The molecule has 2 atom stereocenters. The van der Waals surface area contributed by atoms with Gasteiger partial charge in [-0.1, -0.05) is 12.8 Å². The van der Waals surface area contributed by atoms with Crippen LogP contribution in [0.25, 0.3) is 11.4 Å². The fourth-order valence-electron chi connectivity index (χ4n) is 5.92. The van der Waals surface area contributed by atoms with Crippen molar-refractivity contribution in [2.75, 3.05) is 23.7 Å². The highest BCUT2D eigenvalue weighted by Crippen LogP contribution is 2.30. The molecule has 2 amide bonds. The third kappa shape index (κ3) is 7.23. The number of amides is 2. The van der Waals surface area contributed by atoms with Crippen molar-refractivity contribution in [3.05, 3.63) is 70.4 Å². The molecule has 48 heavy (non-hydrogen) atoms. The van der Waals surface area contributed by atoms with E-state index in [2.05, 4.69) is 20.6 Å². The number of benzene rings is 2. The van der Waals surface area contributed by atoms with Crippen LogP contribution in [0.1, 0.15) is 73.1 Å². The van der Waals surface area contributed by atoms with Gasteiger partial charge in [0, 0.05) is 47.1 Å². The van der Waals surface area contributed by atoms with Gasteiger partial charge in [0.2, 0.25) is 20.0 Å². The van der Waals surface area contributed by atoms with Crippen molar-refractivity contribution in [1.29, 1.82) is 0 Å². The average molecular weight is 729 g/mol. The Labute approximate surface area is 288 Å². The summed E-state index contributed by atoms with van der Waals surface area (Å²) < 4.78 is 55.5. The van der Waals surface area contributed by atoms with Gasteiger partial charge in [-0.05, 0) is 88.1 Å². The molecule has 2 N–H and O–H groups in total. The smallest absolute Gasteiger partial charge is 0.257 e. The van der Waals surface area contributed by atoms with Crippen LogP contribution in [0.15, 0.2) is 69.1 Å². The van der Waals surface area contributed by atoms with Crippen LogP contribution in [0.2, 0.25) is 0 Å². The van der Waals surface area contributed by atoms with Crippen molar-refractivity contribution in [3.63, 3.8) is 0 Å². The molecule has 254 valence electrons. The van der Waals surface area contributed by atoms with E-state index in [0.29, 0.717) is 45.9 Å². The quantitative estimate of drug-likeness (QED) is 0.216. The third-order valence-corrected chi connectivity index (χ3v) is 14.2. The fourth-order valence-corrected chi connectivity index (χ4v) is 10.7. The molecule has 0 aliphatic carbocycles. The monoisotopic (exact) mass is 728 g/mol. The Hall–Kier alpha value is -3.54. The lowest BCUT2D eigenvalue weighted by atomic mass is 10.1. The second-order valence-electron chi connectivity index (χ2n) is 12.0. The molecule has 2 saturated heterocycles. The molecule has 2 aliphatic heterocycles. The number of hydrogen-bond acceptors (Lipinski definition) is 10. The van der Waals surface area contributed by atoms with Crippen LogP contribution in [0.5, 0.6) is 0 Å². The lowest BCUT2D eigenvalue weighted by molar-refractivity contribution is 0.101. The van der Waals surface area contributed by atoms with Gasteiger partial charge in [-0.3, -0.25) is 20.2 Å². The van der Waals surface area contributed by atoms with E-state index in [1.54, 1.807) is 10.8 Å². The van der Waals surface area contributed by atoms with Crippen LogP contribution in [0.3, 0.4) is 0 Å². The number of piperidine rings is 2. The molecule has 2 aromatic heterocycles. The predicted octanol–water partition coefficient (Wildman–Crippen LogP) is 5.90. The van der Waals surface area contributed by atoms with E-state index in [1.807, 2.05) is 13.8 Å². The molecular weight excluding hydrogens is 693 g/mol. The zero-order chi connectivity index (χ0) is 34.1. The van der Waals surface area contributed by atoms with Gasteiger partial charge in [0.05, 0.1) is 9.79 Å². The Morgan fingerprint density at radius 3 is 1.38 bits per heavy atom. The van der Waals surface area contributed by atoms with E-state index in [9.17, 15) is 26.4 Å². The van der Waals surface area contributed by atoms with E-state index in [1.165, 1.54) is 79.8 Å². The van der Waals surface area contributed by atoms with Gasteiger partial charge in [0.25, 0.3) is 11.8 Å². The minimum atomic E-state index is -3.64. The Bertz CT molecular complexity index is 1860. The van der Waals surface area contributed by atoms with Gasteiger partial charge < -0.3 is 0 Å². The Morgan fingerprint density at radius 2 is 1.02 bits per heavy atom. The molecule has 0 bridgehead atoms. The fraction of sp³-hybridized carbons (Fsp3) is 0.375. The summed E-state index contributed by atoms with van der Waals surface area (Å²) in [6.07, 6.45) is 5.34. The van der Waals surface area contributed by atoms with E-state index in [-0.39, 0.29) is 21.9 Å². The summed E-state index contributed by atoms with van der Waals surface area (Å²) in [5, 5.41) is 9.62. The van der Waals surface area contributed by atoms with Crippen LogP contribution in [0.4, 0.5) is 10.3 Å². The molecule has 2 unspecified atom stereocenters. The largest absolute Gasteiger partial charge is 0.298 e. The molecular formula is C32H36N6O6S4. The first-order chi connectivity index (χ1) is 22.9. The normalized spacial score (nSPS) is 19.5. The highest BCUT2D eigenvalue weighted by Gasteiger charge is 2.32. The zero-order valence-corrected chi connectivity index (χ0v) is 29.7. The van der Waals surface area contributed by atoms with Crippen molar-refractivity contribution in [1.82, 2.24) is 18.6 Å². The summed E-state index contributed by atoms with van der Waals surface area (Å²) >= 11 is 2.41. The van der Waals surface area contributed by atoms with Crippen molar-refractivity contribution >= 4 is 64.8 Å². The third-order valence-electron chi connectivity index (χ3n) is 8.64. The first-order valence-corrected chi connectivity index (χ1v) is 20.4. The van der Waals surface area contributed by atoms with Gasteiger partial charge in [-0.25, -0.2) is 26.8 Å². The summed E-state index contributed by atoms with van der Waals surface area (Å²) in [6, 6.07) is 11.7. The van der Waals surface area contributed by atoms with Crippen LogP contribution in [-0.4, -0.2) is 72.4 Å². The summed E-state index contributed by atoms with van der Waals surface area (Å²) in [6.45, 7) is 4.81. The average Bonchev–Trinajstić information content (AvgIpc) is 3.75. The molecule has 16 heteroatoms. The zero-order valence-electron chi connectivity index (χ0n) is 26.5. The van der Waals surface area contributed by atoms with Crippen molar-refractivity contribution < 1.29 is 26.4 Å². The number of aromatic nitrogens is 2. The van der Waals surface area contributed by atoms with Gasteiger partial charge in [0.15, 0.2) is 10.3 Å². The molecule has 2 fully saturated rings. The molecule has 0 saturated carbocycles. The molecule has 4 aromatic rings. The highest BCUT2D eigenvalue weighted by atomic mass is 32.2. The highest BCUT2D eigenvalue weighted by molar-refractivity contribution is 7.89. The number of nitrogens with zero attached hydrogens (tertiary/aromatic N) is 4. The number of hydrogen-bond donors (Lipinski definition) is 2. The van der Waals surface area contributed by atoms with Crippen molar-refractivity contribution in [3.8, 4) is 11.4 Å². The van der Waals surface area contributed by atoms with E-state index >= 15 is 0 Å². The summed E-state index contributed by atoms with van der Waals surface area (Å²) in [4.78, 5) is 35.0. The van der Waals surface area contributed by atoms with Crippen LogP contribution in [-0.2, 0) is 20.0 Å². The molecule has 2 aliphatic rings. The topological polar surface area (TPSA) is 159 Å². The summed E-state index contributed by atoms with van der Waals surface area (Å²) in [5.74, 6) is -0.858. The van der Waals surface area contributed by atoms with Crippen LogP contribution < -0.4 is 10.6 Å². The second-order valence-corrected chi connectivity index (χ2v) is 17.5. The van der Waals surface area contributed by atoms with Gasteiger partial charge >= 0.3 is 0 Å². The number of sulfonamides is 2. The Kier molecular flexibility index (Phi) is 10.1. The SMILES string of the molecule is CC1CCCCN1S(=O)(=O)c1ccc(C(=O)Nc2nc(-c3csc(NC(=O)c4ccc(S(=O)(=O)N5CCCCC5C)cc4)n3)cs2)cc1. The maximum atomic E-state index is 13.1. The molecule has 0 spiro atoms. The number of carbonyl (C=O) groups excluding carboxylic acids is 2. The predicted molar refractivity (Wildman–Crippen MR) is 186 cm³/mol. The number of rotatable bonds is 9. The second kappa shape index (κ2) is 14.1. The minimum Gasteiger partial charge on any atom is -0.298 e. The maximum Gasteiger partial charge on any atom is 0.257 e. The van der Waals surface area contributed by atoms with E-state index < -0.39 is 31.9 Å². The van der Waals surface area contributed by atoms with E-state index in [4.69, 9.17) is 0 Å². The lowest BCUT2D eigenvalue weighted by Crippen LogP contribution is -2.41. The van der Waals surface area contributed by atoms with Crippen LogP contribution in [0, 0.1) is 0 Å². The number of thiazole rings is 2. The summed E-state index contributed by atoms with van der Waals surface area (Å²) in [7, 11) is -7.28. The minimum absolute atomic E-state index is 0.0605. The standard InChI is InChI=1S/C32H36N6O6S4/c1-21-7-3-5-17-37(21)47(41,42)25-13-9-23(10-14-25)29(39)35-31-33-27(19-45-31)28-20-46-32(34-28)36-30(40)24-11-15-26(16-12-24)48(43,44)38-18-6-4-8-22(38)2/h9-16,19-22H,3-8,17-18H2,1-2H3,(H,33,35,39)(H,34,36,40). The molecule has 12 nitrogen and oxygen atoms in total. The molecule has 6 rings (SSSR count). The van der Waals surface area contributed by atoms with Gasteiger partial charge in [0.1, 0.15) is 11.4 Å². The molecule has 4 heterocycles. The Morgan fingerprint density at radius 1 is 0.646 bits per heavy atom. The Balaban J connectivity index is 1.06. The molecule has 0 radical (unpaired) electrons. The maximum absolute atomic E-state index is 13.1. The van der Waals surface area contributed by atoms with E-state index in [0.717, 1.165) is 38.5 Å². The van der Waals surface area contributed by atoms with Crippen molar-refractivity contribution in [2.24, 2.45) is 0 Å². The van der Waals surface area contributed by atoms with Gasteiger partial charge in [-0.2, -0.15) is 8.61 Å². The molecule has 2 aromatic carbocycles. The lowest BCUT2D eigenvalue weighted by Gasteiger charge is -2.32. The summed E-state index contributed by atoms with van der Waals surface area (Å²) in [5.41, 5.74) is 1.60. The van der Waals surface area contributed by atoms with Crippen molar-refractivity contribution in [2.45, 2.75) is 74.2 Å². The number of carbonyl (C=O) groups is 2. The first kappa shape index (κ1) is 34.3. The first-order valence-electron chi connectivity index (χ1n) is 15.7. The number of nitrogens with one attached hydrogen (secondary N) is 2. The van der Waals surface area contributed by atoms with Crippen LogP contribution >= 0.6 is 22.7 Å².